The minimum absolute atomic E-state index is 0.306. The van der Waals surface area contributed by atoms with E-state index in [9.17, 15) is 0 Å². The average molecular weight is 162 g/mol. The van der Waals surface area contributed by atoms with Gasteiger partial charge < -0.3 is 5.11 Å². The van der Waals surface area contributed by atoms with E-state index in [-0.39, 0.29) is 0 Å². The lowest BCUT2D eigenvalue weighted by atomic mass is 10.2. The van der Waals surface area contributed by atoms with Crippen molar-refractivity contribution in [3.05, 3.63) is 0 Å². The van der Waals surface area contributed by atoms with Gasteiger partial charge in [-0.2, -0.15) is 0 Å². The van der Waals surface area contributed by atoms with Crippen LogP contribution in [0, 0.1) is 5.92 Å². The normalized spacial score (nSPS) is 17.5. The first-order valence-corrected chi connectivity index (χ1v) is 4.12. The predicted molar refractivity (Wildman–Crippen MR) is 43.1 cm³/mol. The largest absolute Gasteiger partial charge is 0.396 e. The molecule has 1 saturated heterocycles. The molecule has 0 spiro atoms. The quantitative estimate of drug-likeness (QED) is 0.592. The van der Waals surface area contributed by atoms with Crippen LogP contribution in [-0.4, -0.2) is 24.9 Å². The van der Waals surface area contributed by atoms with E-state index < -0.39 is 0 Å². The molecule has 0 atom stereocenters. The summed E-state index contributed by atoms with van der Waals surface area (Å²) < 4.78 is 0. The third-order valence-corrected chi connectivity index (χ3v) is 1.15. The van der Waals surface area contributed by atoms with Crippen molar-refractivity contribution in [3.63, 3.8) is 0 Å². The van der Waals surface area contributed by atoms with Gasteiger partial charge in [-0.3, -0.25) is 0 Å². The number of rotatable bonds is 1. The van der Waals surface area contributed by atoms with E-state index in [0.29, 0.717) is 12.5 Å². The van der Waals surface area contributed by atoms with Crippen molar-refractivity contribution < 1.29 is 14.9 Å². The van der Waals surface area contributed by atoms with E-state index in [1.807, 2.05) is 13.8 Å². The van der Waals surface area contributed by atoms with Gasteiger partial charge in [0.05, 0.1) is 13.2 Å². The van der Waals surface area contributed by atoms with Crippen LogP contribution < -0.4 is 0 Å². The fourth-order valence-corrected chi connectivity index (χ4v) is 0.440. The molecule has 1 rings (SSSR count). The summed E-state index contributed by atoms with van der Waals surface area (Å²) in [7, 11) is 0. The zero-order chi connectivity index (χ0) is 8.53. The third kappa shape index (κ3) is 9.88. The molecule has 0 radical (unpaired) electrons. The SMILES string of the molecule is C1CCOOC1.CC(C)CO. The molecule has 0 aromatic rings. The second kappa shape index (κ2) is 7.98. The monoisotopic (exact) mass is 162 g/mol. The Hall–Kier alpha value is -0.120. The third-order valence-electron chi connectivity index (χ3n) is 1.15. The molecule has 0 amide bonds. The molecule has 0 aliphatic carbocycles. The second-order valence-corrected chi connectivity index (χ2v) is 2.93. The number of hydrogen-bond acceptors (Lipinski definition) is 3. The molecule has 0 saturated carbocycles. The Morgan fingerprint density at radius 2 is 1.55 bits per heavy atom. The van der Waals surface area contributed by atoms with Gasteiger partial charge >= 0.3 is 0 Å². The van der Waals surface area contributed by atoms with Gasteiger partial charge in [0.1, 0.15) is 0 Å². The molecule has 0 unspecified atom stereocenters. The van der Waals surface area contributed by atoms with Crippen LogP contribution in [0.3, 0.4) is 0 Å². The minimum Gasteiger partial charge on any atom is -0.396 e. The topological polar surface area (TPSA) is 38.7 Å². The summed E-state index contributed by atoms with van der Waals surface area (Å²) in [6.07, 6.45) is 2.31. The molecule has 1 N–H and O–H groups in total. The molecule has 0 aromatic carbocycles. The molecule has 1 fully saturated rings. The predicted octanol–water partition coefficient (Wildman–Crippen LogP) is 1.36. The van der Waals surface area contributed by atoms with Crippen LogP contribution in [0.5, 0.6) is 0 Å². The van der Waals surface area contributed by atoms with Gasteiger partial charge in [0.15, 0.2) is 0 Å². The van der Waals surface area contributed by atoms with E-state index in [0.717, 1.165) is 26.1 Å². The molecule has 1 heterocycles. The van der Waals surface area contributed by atoms with Crippen LogP contribution >= 0.6 is 0 Å². The maximum atomic E-state index is 8.14. The molecule has 11 heavy (non-hydrogen) atoms. The average Bonchev–Trinajstić information content (AvgIpc) is 2.09. The molecule has 1 aliphatic rings. The molecule has 3 heteroatoms. The summed E-state index contributed by atoms with van der Waals surface area (Å²) >= 11 is 0. The van der Waals surface area contributed by atoms with Gasteiger partial charge in [-0.25, -0.2) is 9.78 Å². The van der Waals surface area contributed by atoms with Gasteiger partial charge in [0.25, 0.3) is 0 Å². The Balaban J connectivity index is 0.000000187. The van der Waals surface area contributed by atoms with Crippen LogP contribution in [0.15, 0.2) is 0 Å². The van der Waals surface area contributed by atoms with Crippen molar-refractivity contribution in [1.29, 1.82) is 0 Å². The lowest BCUT2D eigenvalue weighted by Gasteiger charge is -2.07. The summed E-state index contributed by atoms with van der Waals surface area (Å²) in [6.45, 7) is 5.81. The van der Waals surface area contributed by atoms with Gasteiger partial charge in [-0.05, 0) is 18.8 Å². The van der Waals surface area contributed by atoms with Crippen LogP contribution in [-0.2, 0) is 9.78 Å². The Kier molecular flexibility index (Phi) is 7.89. The molecular formula is C8H18O3. The van der Waals surface area contributed by atoms with Gasteiger partial charge in [0.2, 0.25) is 0 Å². The van der Waals surface area contributed by atoms with Crippen molar-refractivity contribution in [2.75, 3.05) is 19.8 Å². The van der Waals surface area contributed by atoms with Gasteiger partial charge in [-0.15, -0.1) is 0 Å². The van der Waals surface area contributed by atoms with Crippen molar-refractivity contribution >= 4 is 0 Å². The summed E-state index contributed by atoms with van der Waals surface area (Å²) in [4.78, 5) is 9.14. The van der Waals surface area contributed by atoms with Crippen LogP contribution in [0.25, 0.3) is 0 Å². The maximum Gasteiger partial charge on any atom is 0.0823 e. The maximum absolute atomic E-state index is 8.14. The fourth-order valence-electron chi connectivity index (χ4n) is 0.440. The van der Waals surface area contributed by atoms with Crippen LogP contribution in [0.2, 0.25) is 0 Å². The molecule has 0 bridgehead atoms. The van der Waals surface area contributed by atoms with Crippen molar-refractivity contribution in [2.45, 2.75) is 26.7 Å². The van der Waals surface area contributed by atoms with E-state index in [1.165, 1.54) is 0 Å². The highest BCUT2D eigenvalue weighted by molar-refractivity contribution is 4.36. The summed E-state index contributed by atoms with van der Waals surface area (Å²) in [5.74, 6) is 0.440. The molecule has 68 valence electrons. The Morgan fingerprint density at radius 1 is 1.18 bits per heavy atom. The number of aliphatic hydroxyl groups excluding tert-OH is 1. The second-order valence-electron chi connectivity index (χ2n) is 2.93. The van der Waals surface area contributed by atoms with Crippen molar-refractivity contribution in [2.24, 2.45) is 5.92 Å². The van der Waals surface area contributed by atoms with Crippen LogP contribution in [0.4, 0.5) is 0 Å². The highest BCUT2D eigenvalue weighted by Gasteiger charge is 1.95. The van der Waals surface area contributed by atoms with Gasteiger partial charge in [-0.1, -0.05) is 13.8 Å². The zero-order valence-electron chi connectivity index (χ0n) is 7.38. The molecule has 0 aromatic heterocycles. The molecule has 1 aliphatic heterocycles. The van der Waals surface area contributed by atoms with E-state index in [2.05, 4.69) is 9.78 Å². The smallest absolute Gasteiger partial charge is 0.0823 e. The highest BCUT2D eigenvalue weighted by atomic mass is 17.2. The number of aliphatic hydroxyl groups is 1. The molecular weight excluding hydrogens is 144 g/mol. The Morgan fingerprint density at radius 3 is 1.64 bits per heavy atom. The van der Waals surface area contributed by atoms with Gasteiger partial charge in [0, 0.05) is 6.61 Å². The van der Waals surface area contributed by atoms with E-state index in [4.69, 9.17) is 5.11 Å². The fraction of sp³-hybridized carbons (Fsp3) is 1.00. The highest BCUT2D eigenvalue weighted by Crippen LogP contribution is 1.97. The van der Waals surface area contributed by atoms with E-state index >= 15 is 0 Å². The van der Waals surface area contributed by atoms with Crippen molar-refractivity contribution in [1.82, 2.24) is 0 Å². The standard InChI is InChI=1S/C4H8O2.C4H10O/c1-2-4-6-5-3-1;1-4(2)3-5/h1-4H2;4-5H,3H2,1-2H3. The minimum atomic E-state index is 0.306. The first-order chi connectivity index (χ1) is 5.27. The summed E-state index contributed by atoms with van der Waals surface area (Å²) in [6, 6.07) is 0. The lowest BCUT2D eigenvalue weighted by molar-refractivity contribution is -0.312. The Labute approximate surface area is 68.2 Å². The zero-order valence-corrected chi connectivity index (χ0v) is 7.38. The first kappa shape index (κ1) is 10.9. The summed E-state index contributed by atoms with van der Waals surface area (Å²) in [5.41, 5.74) is 0. The summed E-state index contributed by atoms with van der Waals surface area (Å²) in [5, 5.41) is 8.14. The van der Waals surface area contributed by atoms with E-state index in [1.54, 1.807) is 0 Å². The Bertz CT molecular complexity index is 58.2. The molecule has 3 nitrogen and oxygen atoms in total. The number of hydrogen-bond donors (Lipinski definition) is 1. The van der Waals surface area contributed by atoms with Crippen molar-refractivity contribution in [3.8, 4) is 0 Å². The van der Waals surface area contributed by atoms with Crippen LogP contribution in [0.1, 0.15) is 26.7 Å². The lowest BCUT2D eigenvalue weighted by Crippen LogP contribution is -2.05. The first-order valence-electron chi connectivity index (χ1n) is 4.12.